The molecule has 1 rings (SSSR count). The van der Waals surface area contributed by atoms with Gasteiger partial charge in [0.15, 0.2) is 0 Å². The van der Waals surface area contributed by atoms with E-state index >= 15 is 0 Å². The Kier molecular flexibility index (Phi) is 6.95. The highest BCUT2D eigenvalue weighted by molar-refractivity contribution is 9.10. The lowest BCUT2D eigenvalue weighted by molar-refractivity contribution is 0.0690. The number of carbonyl (C=O) groups is 1. The van der Waals surface area contributed by atoms with E-state index < -0.39 is 5.97 Å². The summed E-state index contributed by atoms with van der Waals surface area (Å²) in [5.41, 5.74) is 2.39. The molecule has 0 amide bonds. The van der Waals surface area contributed by atoms with E-state index in [4.69, 9.17) is 28.3 Å². The molecule has 0 fully saturated rings. The molecule has 5 nitrogen and oxygen atoms in total. The third-order valence-corrected chi connectivity index (χ3v) is 3.04. The number of carboxylic acids is 1. The average Bonchev–Trinajstić information content (AvgIpc) is 2.46. The van der Waals surface area contributed by atoms with E-state index in [0.717, 1.165) is 0 Å². The molecule has 0 radical (unpaired) electrons. The molecule has 0 aliphatic carbocycles. The number of halogens is 3. The lowest BCUT2D eigenvalue weighted by atomic mass is 10.4. The Balaban J connectivity index is 0.000000423. The van der Waals surface area contributed by atoms with Gasteiger partial charge in [0, 0.05) is 7.05 Å². The molecule has 0 aliphatic rings. The minimum atomic E-state index is -1.11. The SMILES string of the molecule is CNOC.O=C(O)c1[nH]c(Cl)c(Cl)c1Br. The van der Waals surface area contributed by atoms with E-state index in [-0.39, 0.29) is 20.3 Å². The van der Waals surface area contributed by atoms with Crippen LogP contribution in [0.2, 0.25) is 10.2 Å². The van der Waals surface area contributed by atoms with E-state index in [1.807, 2.05) is 0 Å². The zero-order valence-corrected chi connectivity index (χ0v) is 11.0. The van der Waals surface area contributed by atoms with Gasteiger partial charge in [-0.05, 0) is 15.9 Å². The zero-order valence-electron chi connectivity index (χ0n) is 7.90. The Bertz CT molecular complexity index is 341. The van der Waals surface area contributed by atoms with Crippen LogP contribution in [0.5, 0.6) is 0 Å². The summed E-state index contributed by atoms with van der Waals surface area (Å²) in [5.74, 6) is -1.11. The standard InChI is InChI=1S/C5H2BrCl2NO2.C2H7NO/c6-1-2(7)4(8)9-3(1)5(10)11;1-3-4-2/h9H,(H,10,11);3H,1-2H3. The molecule has 0 bridgehead atoms. The Morgan fingerprint density at radius 1 is 1.60 bits per heavy atom. The average molecular weight is 320 g/mol. The van der Waals surface area contributed by atoms with E-state index in [2.05, 4.69) is 31.2 Å². The maximum Gasteiger partial charge on any atom is 0.353 e. The minimum Gasteiger partial charge on any atom is -0.477 e. The summed E-state index contributed by atoms with van der Waals surface area (Å²) in [6.45, 7) is 0. The lowest BCUT2D eigenvalue weighted by Gasteiger charge is -1.87. The van der Waals surface area contributed by atoms with Crippen LogP contribution in [0.25, 0.3) is 0 Å². The van der Waals surface area contributed by atoms with Crippen LogP contribution in [-0.2, 0) is 4.84 Å². The zero-order chi connectivity index (χ0) is 12.0. The van der Waals surface area contributed by atoms with E-state index in [1.165, 1.54) is 0 Å². The Labute approximate surface area is 105 Å². The second kappa shape index (κ2) is 7.08. The van der Waals surface area contributed by atoms with Gasteiger partial charge in [-0.2, -0.15) is 0 Å². The van der Waals surface area contributed by atoms with Crippen LogP contribution >= 0.6 is 39.1 Å². The van der Waals surface area contributed by atoms with E-state index in [9.17, 15) is 4.79 Å². The Hall–Kier alpha value is -0.270. The third-order valence-electron chi connectivity index (χ3n) is 1.26. The molecular formula is C7H9BrCl2N2O3. The number of rotatable bonds is 2. The van der Waals surface area contributed by atoms with Crippen molar-refractivity contribution in [1.29, 1.82) is 0 Å². The van der Waals surface area contributed by atoms with Gasteiger partial charge in [-0.1, -0.05) is 23.2 Å². The van der Waals surface area contributed by atoms with Gasteiger partial charge < -0.3 is 14.9 Å². The molecule has 86 valence electrons. The summed E-state index contributed by atoms with van der Waals surface area (Å²) in [5, 5.41) is 8.83. The minimum absolute atomic E-state index is 0.0417. The third kappa shape index (κ3) is 4.40. The molecule has 0 aromatic carbocycles. The Morgan fingerprint density at radius 3 is 2.20 bits per heavy atom. The van der Waals surface area contributed by atoms with Crippen LogP contribution in [0.3, 0.4) is 0 Å². The Morgan fingerprint density at radius 2 is 2.07 bits per heavy atom. The maximum absolute atomic E-state index is 10.4. The van der Waals surface area contributed by atoms with Crippen LogP contribution in [0.1, 0.15) is 10.5 Å². The van der Waals surface area contributed by atoms with Crippen LogP contribution in [0, 0.1) is 0 Å². The predicted octanol–water partition coefficient (Wildman–Crippen LogP) is 2.55. The van der Waals surface area contributed by atoms with Gasteiger partial charge in [0.05, 0.1) is 16.6 Å². The molecule has 0 atom stereocenters. The van der Waals surface area contributed by atoms with Crippen LogP contribution in [0.4, 0.5) is 0 Å². The molecule has 8 heteroatoms. The number of aromatic nitrogens is 1. The highest BCUT2D eigenvalue weighted by Gasteiger charge is 2.16. The van der Waals surface area contributed by atoms with Crippen molar-refractivity contribution in [1.82, 2.24) is 10.5 Å². The number of hydrogen-bond acceptors (Lipinski definition) is 3. The number of H-pyrrole nitrogens is 1. The lowest BCUT2D eigenvalue weighted by Crippen LogP contribution is -2.00. The van der Waals surface area contributed by atoms with Gasteiger partial charge in [0.25, 0.3) is 0 Å². The van der Waals surface area contributed by atoms with Crippen molar-refractivity contribution in [3.63, 3.8) is 0 Å². The number of nitrogens with one attached hydrogen (secondary N) is 2. The molecule has 0 spiro atoms. The van der Waals surface area contributed by atoms with Crippen molar-refractivity contribution in [2.24, 2.45) is 0 Å². The largest absolute Gasteiger partial charge is 0.477 e. The first-order valence-electron chi connectivity index (χ1n) is 3.61. The summed E-state index contributed by atoms with van der Waals surface area (Å²) in [6, 6.07) is 0. The summed E-state index contributed by atoms with van der Waals surface area (Å²) < 4.78 is 0.275. The summed E-state index contributed by atoms with van der Waals surface area (Å²) in [7, 11) is 3.28. The van der Waals surface area contributed by atoms with Gasteiger partial charge in [-0.3, -0.25) is 0 Å². The van der Waals surface area contributed by atoms with Crippen molar-refractivity contribution in [3.05, 3.63) is 20.3 Å². The first kappa shape index (κ1) is 14.7. The molecule has 1 heterocycles. The molecule has 1 aromatic heterocycles. The van der Waals surface area contributed by atoms with Crippen molar-refractivity contribution < 1.29 is 14.7 Å². The van der Waals surface area contributed by atoms with Crippen LogP contribution < -0.4 is 5.48 Å². The fourth-order valence-corrected chi connectivity index (χ4v) is 1.48. The monoisotopic (exact) mass is 318 g/mol. The van der Waals surface area contributed by atoms with Gasteiger partial charge in [-0.25, -0.2) is 10.3 Å². The van der Waals surface area contributed by atoms with E-state index in [1.54, 1.807) is 14.2 Å². The fraction of sp³-hybridized carbons (Fsp3) is 0.286. The first-order valence-corrected chi connectivity index (χ1v) is 5.16. The highest BCUT2D eigenvalue weighted by Crippen LogP contribution is 2.32. The maximum atomic E-state index is 10.4. The second-order valence-corrected chi connectivity index (χ2v) is 3.70. The van der Waals surface area contributed by atoms with Crippen LogP contribution in [0.15, 0.2) is 4.47 Å². The van der Waals surface area contributed by atoms with Crippen molar-refractivity contribution in [3.8, 4) is 0 Å². The van der Waals surface area contributed by atoms with Gasteiger partial charge >= 0.3 is 5.97 Å². The first-order chi connectivity index (χ1) is 6.95. The van der Waals surface area contributed by atoms with Gasteiger partial charge in [0.1, 0.15) is 10.8 Å². The number of aromatic carboxylic acids is 1. The number of aromatic amines is 1. The quantitative estimate of drug-likeness (QED) is 0.732. The molecule has 0 unspecified atom stereocenters. The van der Waals surface area contributed by atoms with Crippen molar-refractivity contribution in [2.45, 2.75) is 0 Å². The molecule has 0 saturated heterocycles. The normalized spacial score (nSPS) is 9.40. The molecule has 1 aromatic rings. The molecule has 0 aliphatic heterocycles. The summed E-state index contributed by atoms with van der Waals surface area (Å²) in [6.07, 6.45) is 0. The predicted molar refractivity (Wildman–Crippen MR) is 61.5 cm³/mol. The fourth-order valence-electron chi connectivity index (χ4n) is 0.573. The second-order valence-electron chi connectivity index (χ2n) is 2.16. The van der Waals surface area contributed by atoms with Gasteiger partial charge in [-0.15, -0.1) is 0 Å². The highest BCUT2D eigenvalue weighted by atomic mass is 79.9. The van der Waals surface area contributed by atoms with Crippen molar-refractivity contribution >= 4 is 45.1 Å². The summed E-state index contributed by atoms with van der Waals surface area (Å²) >= 11 is 14.0. The molecular weight excluding hydrogens is 311 g/mol. The van der Waals surface area contributed by atoms with Crippen molar-refractivity contribution in [2.75, 3.05) is 14.2 Å². The van der Waals surface area contributed by atoms with Crippen LogP contribution in [-0.4, -0.2) is 30.2 Å². The summed E-state index contributed by atoms with van der Waals surface area (Å²) in [4.78, 5) is 17.1. The van der Waals surface area contributed by atoms with Gasteiger partial charge in [0.2, 0.25) is 0 Å². The molecule has 15 heavy (non-hydrogen) atoms. The number of carboxylic acid groups (broad SMARTS) is 1. The van der Waals surface area contributed by atoms with E-state index in [0.29, 0.717) is 0 Å². The molecule has 0 saturated carbocycles. The topological polar surface area (TPSA) is 74.3 Å². The number of hydrogen-bond donors (Lipinski definition) is 3. The molecule has 3 N–H and O–H groups in total. The number of hydroxylamine groups is 1. The smallest absolute Gasteiger partial charge is 0.353 e.